The Morgan fingerprint density at radius 3 is 2.12 bits per heavy atom. The summed E-state index contributed by atoms with van der Waals surface area (Å²) in [5, 5.41) is 8.79. The molecule has 0 radical (unpaired) electrons. The first-order valence-electron chi connectivity index (χ1n) is 9.36. The molecular formula is C24H32O2. The molecular weight excluding hydrogens is 320 g/mol. The molecule has 0 aliphatic heterocycles. The number of benzene rings is 1. The lowest BCUT2D eigenvalue weighted by atomic mass is 9.62. The van der Waals surface area contributed by atoms with Gasteiger partial charge in [-0.1, -0.05) is 58.1 Å². The molecule has 0 amide bonds. The van der Waals surface area contributed by atoms with Crippen LogP contribution in [0.1, 0.15) is 76.6 Å². The van der Waals surface area contributed by atoms with Crippen LogP contribution in [0.15, 0.2) is 42.0 Å². The van der Waals surface area contributed by atoms with E-state index in [1.165, 1.54) is 46.7 Å². The lowest BCUT2D eigenvalue weighted by Crippen LogP contribution is -2.34. The van der Waals surface area contributed by atoms with Gasteiger partial charge in [0.15, 0.2) is 0 Å². The highest BCUT2D eigenvalue weighted by atomic mass is 16.4. The maximum Gasteiger partial charge on any atom is 0.328 e. The molecule has 0 saturated heterocycles. The van der Waals surface area contributed by atoms with Crippen LogP contribution in [0, 0.1) is 6.92 Å². The van der Waals surface area contributed by atoms with Gasteiger partial charge in [0.25, 0.3) is 0 Å². The van der Waals surface area contributed by atoms with E-state index in [-0.39, 0.29) is 10.8 Å². The van der Waals surface area contributed by atoms with Gasteiger partial charge in [-0.3, -0.25) is 0 Å². The van der Waals surface area contributed by atoms with Gasteiger partial charge in [0.2, 0.25) is 0 Å². The Morgan fingerprint density at radius 2 is 1.58 bits per heavy atom. The van der Waals surface area contributed by atoms with Gasteiger partial charge in [0.1, 0.15) is 0 Å². The number of carboxylic acid groups (broad SMARTS) is 1. The van der Waals surface area contributed by atoms with Gasteiger partial charge in [-0.25, -0.2) is 4.79 Å². The van der Waals surface area contributed by atoms with E-state index in [1.54, 1.807) is 6.92 Å². The van der Waals surface area contributed by atoms with Crippen molar-refractivity contribution in [2.75, 3.05) is 0 Å². The Labute approximate surface area is 158 Å². The highest BCUT2D eigenvalue weighted by molar-refractivity contribution is 5.81. The van der Waals surface area contributed by atoms with E-state index in [4.69, 9.17) is 5.11 Å². The average molecular weight is 353 g/mol. The van der Waals surface area contributed by atoms with E-state index in [0.29, 0.717) is 0 Å². The van der Waals surface area contributed by atoms with Crippen LogP contribution >= 0.6 is 0 Å². The zero-order chi connectivity index (χ0) is 19.7. The van der Waals surface area contributed by atoms with Crippen LogP contribution in [0.5, 0.6) is 0 Å². The van der Waals surface area contributed by atoms with Gasteiger partial charge < -0.3 is 5.11 Å². The number of hydrogen-bond donors (Lipinski definition) is 1. The van der Waals surface area contributed by atoms with Crippen LogP contribution < -0.4 is 0 Å². The van der Waals surface area contributed by atoms with Crippen LogP contribution in [0.25, 0.3) is 5.57 Å². The van der Waals surface area contributed by atoms with E-state index >= 15 is 0 Å². The monoisotopic (exact) mass is 352 g/mol. The summed E-state index contributed by atoms with van der Waals surface area (Å²) in [4.78, 5) is 10.7. The summed E-state index contributed by atoms with van der Waals surface area (Å²) in [6, 6.07) is 4.76. The van der Waals surface area contributed by atoms with Crippen molar-refractivity contribution in [3.63, 3.8) is 0 Å². The minimum atomic E-state index is -0.914. The predicted molar refractivity (Wildman–Crippen MR) is 111 cm³/mol. The summed E-state index contributed by atoms with van der Waals surface area (Å²) < 4.78 is 0. The summed E-state index contributed by atoms with van der Waals surface area (Å²) in [5.41, 5.74) is 7.88. The Balaban J connectivity index is 2.44. The predicted octanol–water partition coefficient (Wildman–Crippen LogP) is 6.33. The number of aliphatic carboxylic acids is 1. The van der Waals surface area contributed by atoms with Crippen molar-refractivity contribution in [2.45, 2.75) is 72.1 Å². The lowest BCUT2D eigenvalue weighted by molar-refractivity contribution is -0.131. The van der Waals surface area contributed by atoms with E-state index in [9.17, 15) is 4.79 Å². The third kappa shape index (κ3) is 4.35. The summed E-state index contributed by atoms with van der Waals surface area (Å²) in [6.07, 6.45) is 9.47. The van der Waals surface area contributed by atoms with Crippen molar-refractivity contribution < 1.29 is 9.90 Å². The Hall–Kier alpha value is -2.09. The first-order valence-corrected chi connectivity index (χ1v) is 9.36. The van der Waals surface area contributed by atoms with Gasteiger partial charge >= 0.3 is 5.97 Å². The SMILES string of the molecule is CC(/C=C/C=C(\C)c1cc2c(cc1C)C(C)(C)CCC2(C)C)=C\C(=O)O. The number of allylic oxidation sites excluding steroid dienone is 5. The normalized spacial score (nSPS) is 19.5. The van der Waals surface area contributed by atoms with Crippen molar-refractivity contribution >= 4 is 11.5 Å². The fraction of sp³-hybridized carbons (Fsp3) is 0.458. The minimum Gasteiger partial charge on any atom is -0.478 e. The second-order valence-corrected chi connectivity index (χ2v) is 8.92. The number of rotatable bonds is 4. The maximum absolute atomic E-state index is 10.7. The molecule has 0 spiro atoms. The second kappa shape index (κ2) is 7.26. The topological polar surface area (TPSA) is 37.3 Å². The second-order valence-electron chi connectivity index (χ2n) is 8.92. The number of carbonyl (C=O) groups is 1. The molecule has 0 aromatic heterocycles. The molecule has 26 heavy (non-hydrogen) atoms. The first kappa shape index (κ1) is 20.2. The van der Waals surface area contributed by atoms with Crippen molar-refractivity contribution in [2.24, 2.45) is 0 Å². The van der Waals surface area contributed by atoms with Crippen molar-refractivity contribution in [1.82, 2.24) is 0 Å². The molecule has 0 bridgehead atoms. The maximum atomic E-state index is 10.7. The molecule has 2 rings (SSSR count). The highest BCUT2D eigenvalue weighted by Gasteiger charge is 2.37. The number of hydrogen-bond acceptors (Lipinski definition) is 1. The van der Waals surface area contributed by atoms with Gasteiger partial charge in [0.05, 0.1) is 0 Å². The molecule has 2 nitrogen and oxygen atoms in total. The molecule has 0 heterocycles. The average Bonchev–Trinajstić information content (AvgIpc) is 2.50. The molecule has 1 aromatic rings. The van der Waals surface area contributed by atoms with Crippen LogP contribution in [-0.2, 0) is 15.6 Å². The van der Waals surface area contributed by atoms with Crippen molar-refractivity contribution in [3.05, 3.63) is 64.3 Å². The summed E-state index contributed by atoms with van der Waals surface area (Å²) in [5.74, 6) is -0.914. The van der Waals surface area contributed by atoms with Crippen LogP contribution in [0.2, 0.25) is 0 Å². The molecule has 0 unspecified atom stereocenters. The standard InChI is InChI=1S/C24H32O2/c1-16(13-22(25)26)9-8-10-17(2)19-15-21-20(14-18(19)3)23(4,5)11-12-24(21,6)7/h8-10,13-15H,11-12H2,1-7H3,(H,25,26)/b9-8+,16-13+,17-10+. The van der Waals surface area contributed by atoms with Crippen LogP contribution in [0.4, 0.5) is 0 Å². The Morgan fingerprint density at radius 1 is 1.04 bits per heavy atom. The Bertz CT molecular complexity index is 802. The lowest BCUT2D eigenvalue weighted by Gasteiger charge is -2.42. The molecule has 0 saturated carbocycles. The number of fused-ring (bicyclic) bond motifs is 1. The Kier molecular flexibility index (Phi) is 5.65. The molecule has 140 valence electrons. The third-order valence-corrected chi connectivity index (χ3v) is 5.68. The molecule has 0 fully saturated rings. The molecule has 1 aliphatic rings. The summed E-state index contributed by atoms with van der Waals surface area (Å²) in [6.45, 7) is 15.5. The highest BCUT2D eigenvalue weighted by Crippen LogP contribution is 2.47. The van der Waals surface area contributed by atoms with Gasteiger partial charge in [0, 0.05) is 6.08 Å². The van der Waals surface area contributed by atoms with Gasteiger partial charge in [-0.2, -0.15) is 0 Å². The van der Waals surface area contributed by atoms with Crippen LogP contribution in [0.3, 0.4) is 0 Å². The number of carboxylic acids is 1. The molecule has 1 N–H and O–H groups in total. The van der Waals surface area contributed by atoms with Crippen LogP contribution in [-0.4, -0.2) is 11.1 Å². The van der Waals surface area contributed by atoms with Crippen molar-refractivity contribution in [3.8, 4) is 0 Å². The van der Waals surface area contributed by atoms with E-state index in [1.807, 2.05) is 12.2 Å². The summed E-state index contributed by atoms with van der Waals surface area (Å²) >= 11 is 0. The molecule has 2 heteroatoms. The van der Waals surface area contributed by atoms with E-state index in [2.05, 4.69) is 59.8 Å². The zero-order valence-corrected chi connectivity index (χ0v) is 17.2. The molecule has 1 aromatic carbocycles. The molecule has 1 aliphatic carbocycles. The fourth-order valence-corrected chi connectivity index (χ4v) is 3.82. The fourth-order valence-electron chi connectivity index (χ4n) is 3.82. The summed E-state index contributed by atoms with van der Waals surface area (Å²) in [7, 11) is 0. The number of aryl methyl sites for hydroxylation is 1. The zero-order valence-electron chi connectivity index (χ0n) is 17.2. The van der Waals surface area contributed by atoms with Gasteiger partial charge in [-0.15, -0.1) is 0 Å². The third-order valence-electron chi connectivity index (χ3n) is 5.68. The van der Waals surface area contributed by atoms with E-state index in [0.717, 1.165) is 5.57 Å². The smallest absolute Gasteiger partial charge is 0.328 e. The minimum absolute atomic E-state index is 0.199. The van der Waals surface area contributed by atoms with Gasteiger partial charge in [-0.05, 0) is 77.8 Å². The first-order chi connectivity index (χ1) is 11.9. The van der Waals surface area contributed by atoms with Crippen molar-refractivity contribution in [1.29, 1.82) is 0 Å². The molecule has 0 atom stereocenters. The quantitative estimate of drug-likeness (QED) is 0.507. The van der Waals surface area contributed by atoms with E-state index < -0.39 is 5.97 Å². The largest absolute Gasteiger partial charge is 0.478 e.